The van der Waals surface area contributed by atoms with Crippen molar-refractivity contribution in [2.45, 2.75) is 19.3 Å². The van der Waals surface area contributed by atoms with Gasteiger partial charge < -0.3 is 5.11 Å². The molecule has 0 radical (unpaired) electrons. The fraction of sp³-hybridized carbons (Fsp3) is 0.417. The van der Waals surface area contributed by atoms with Crippen molar-refractivity contribution >= 4 is 5.78 Å². The van der Waals surface area contributed by atoms with Crippen molar-refractivity contribution in [3.63, 3.8) is 0 Å². The number of carbonyl (C=O) groups excluding carboxylic acids is 1. The van der Waals surface area contributed by atoms with Crippen LogP contribution in [0.5, 0.6) is 0 Å². The van der Waals surface area contributed by atoms with Gasteiger partial charge in [0.2, 0.25) is 0 Å². The molecule has 0 fully saturated rings. The van der Waals surface area contributed by atoms with Gasteiger partial charge in [0.25, 0.3) is 0 Å². The monoisotopic (exact) mass is 190 g/mol. The van der Waals surface area contributed by atoms with Gasteiger partial charge in [-0.3, -0.25) is 4.79 Å². The lowest BCUT2D eigenvalue weighted by molar-refractivity contribution is 0.0925. The van der Waals surface area contributed by atoms with Crippen LogP contribution in [0.2, 0.25) is 0 Å². The van der Waals surface area contributed by atoms with Gasteiger partial charge in [0.1, 0.15) is 0 Å². The smallest absolute Gasteiger partial charge is 0.166 e. The van der Waals surface area contributed by atoms with Gasteiger partial charge >= 0.3 is 0 Å². The van der Waals surface area contributed by atoms with E-state index in [1.54, 1.807) is 0 Å². The molecule has 1 aliphatic carbocycles. The highest BCUT2D eigenvalue weighted by molar-refractivity contribution is 6.02. The molecule has 1 aromatic carbocycles. The number of ketones is 1. The van der Waals surface area contributed by atoms with Crippen molar-refractivity contribution in [2.75, 3.05) is 6.61 Å². The maximum Gasteiger partial charge on any atom is 0.166 e. The van der Waals surface area contributed by atoms with Crippen molar-refractivity contribution in [2.24, 2.45) is 5.92 Å². The molecule has 2 heteroatoms. The summed E-state index contributed by atoms with van der Waals surface area (Å²) in [6.07, 6.45) is 2.39. The van der Waals surface area contributed by atoms with E-state index in [4.69, 9.17) is 5.11 Å². The van der Waals surface area contributed by atoms with Crippen LogP contribution in [0.1, 0.15) is 28.8 Å². The lowest BCUT2D eigenvalue weighted by Crippen LogP contribution is -2.09. The predicted molar refractivity (Wildman–Crippen MR) is 54.3 cm³/mol. The second-order valence-electron chi connectivity index (χ2n) is 3.79. The Morgan fingerprint density at radius 2 is 2.14 bits per heavy atom. The second kappa shape index (κ2) is 3.93. The number of Topliss-reactive ketones (excluding diaryl/α,β-unsaturated/α-hetero) is 1. The van der Waals surface area contributed by atoms with Crippen LogP contribution in [-0.4, -0.2) is 17.5 Å². The lowest BCUT2D eigenvalue weighted by Gasteiger charge is -2.04. The quantitative estimate of drug-likeness (QED) is 0.789. The van der Waals surface area contributed by atoms with Crippen molar-refractivity contribution in [3.05, 3.63) is 35.4 Å². The molecular formula is C12H14O2. The molecule has 74 valence electrons. The number of fused-ring (bicyclic) bond motifs is 1. The van der Waals surface area contributed by atoms with Gasteiger partial charge in [-0.05, 0) is 24.8 Å². The molecule has 2 rings (SSSR count). The minimum Gasteiger partial charge on any atom is -0.396 e. The number of benzene rings is 1. The van der Waals surface area contributed by atoms with E-state index in [2.05, 4.69) is 0 Å². The topological polar surface area (TPSA) is 37.3 Å². The zero-order valence-electron chi connectivity index (χ0n) is 8.07. The van der Waals surface area contributed by atoms with Crippen molar-refractivity contribution in [3.8, 4) is 0 Å². The third-order valence-electron chi connectivity index (χ3n) is 2.83. The Bertz CT molecular complexity index is 344. The van der Waals surface area contributed by atoms with Crippen LogP contribution in [0.4, 0.5) is 0 Å². The third-order valence-corrected chi connectivity index (χ3v) is 2.83. The van der Waals surface area contributed by atoms with Crippen LogP contribution in [0.15, 0.2) is 24.3 Å². The minimum absolute atomic E-state index is 0.111. The zero-order chi connectivity index (χ0) is 9.97. The number of hydrogen-bond acceptors (Lipinski definition) is 2. The first-order chi connectivity index (χ1) is 6.83. The molecule has 0 spiro atoms. The van der Waals surface area contributed by atoms with Crippen molar-refractivity contribution < 1.29 is 9.90 Å². The van der Waals surface area contributed by atoms with E-state index in [9.17, 15) is 4.79 Å². The molecule has 14 heavy (non-hydrogen) atoms. The Balaban J connectivity index is 2.13. The highest BCUT2D eigenvalue weighted by atomic mass is 16.2. The molecule has 0 aromatic heterocycles. The largest absolute Gasteiger partial charge is 0.396 e. The van der Waals surface area contributed by atoms with E-state index in [1.165, 1.54) is 5.56 Å². The molecule has 1 unspecified atom stereocenters. The van der Waals surface area contributed by atoms with E-state index in [1.807, 2.05) is 24.3 Å². The van der Waals surface area contributed by atoms with Gasteiger partial charge in [0, 0.05) is 18.1 Å². The Morgan fingerprint density at radius 3 is 2.86 bits per heavy atom. The number of carbonyl (C=O) groups is 1. The fourth-order valence-electron chi connectivity index (χ4n) is 2.09. The summed E-state index contributed by atoms with van der Waals surface area (Å²) in [6, 6.07) is 7.80. The van der Waals surface area contributed by atoms with E-state index >= 15 is 0 Å². The summed E-state index contributed by atoms with van der Waals surface area (Å²) in [5.41, 5.74) is 2.05. The van der Waals surface area contributed by atoms with Crippen LogP contribution in [-0.2, 0) is 6.42 Å². The van der Waals surface area contributed by atoms with Crippen molar-refractivity contribution in [1.82, 2.24) is 0 Å². The molecule has 0 saturated carbocycles. The van der Waals surface area contributed by atoms with Crippen LogP contribution in [0.25, 0.3) is 0 Å². The molecule has 0 bridgehead atoms. The summed E-state index contributed by atoms with van der Waals surface area (Å²) in [4.78, 5) is 11.8. The predicted octanol–water partition coefficient (Wildman–Crippen LogP) is 1.81. The highest BCUT2D eigenvalue weighted by Crippen LogP contribution is 2.29. The molecule has 2 nitrogen and oxygen atoms in total. The molecule has 0 heterocycles. The van der Waals surface area contributed by atoms with Gasteiger partial charge in [-0.1, -0.05) is 24.3 Å². The van der Waals surface area contributed by atoms with Crippen LogP contribution in [0, 0.1) is 5.92 Å². The molecule has 0 amide bonds. The summed E-state index contributed by atoms with van der Waals surface area (Å²) >= 11 is 0. The van der Waals surface area contributed by atoms with Crippen LogP contribution < -0.4 is 0 Å². The molecule has 1 N–H and O–H groups in total. The molecule has 1 aromatic rings. The van der Waals surface area contributed by atoms with Gasteiger partial charge in [-0.25, -0.2) is 0 Å². The molecule has 0 saturated heterocycles. The number of aliphatic hydroxyl groups excluding tert-OH is 1. The first kappa shape index (κ1) is 9.41. The Labute approximate surface area is 83.6 Å². The van der Waals surface area contributed by atoms with E-state index in [0.717, 1.165) is 24.8 Å². The number of rotatable bonds is 3. The SMILES string of the molecule is O=C1c2ccccc2CC1CCCO. The molecule has 0 aliphatic heterocycles. The van der Waals surface area contributed by atoms with Gasteiger partial charge in [0.15, 0.2) is 5.78 Å². The maximum absolute atomic E-state index is 11.8. The number of aliphatic hydroxyl groups is 1. The minimum atomic E-state index is 0.111. The van der Waals surface area contributed by atoms with E-state index in [0.29, 0.717) is 0 Å². The standard InChI is InChI=1S/C12H14O2/c13-7-3-5-10-8-9-4-1-2-6-11(9)12(10)14/h1-2,4,6,10,13H,3,5,7-8H2. The van der Waals surface area contributed by atoms with Gasteiger partial charge in [-0.2, -0.15) is 0 Å². The van der Waals surface area contributed by atoms with Crippen LogP contribution >= 0.6 is 0 Å². The Morgan fingerprint density at radius 1 is 1.36 bits per heavy atom. The highest BCUT2D eigenvalue weighted by Gasteiger charge is 2.28. The fourth-order valence-corrected chi connectivity index (χ4v) is 2.09. The average molecular weight is 190 g/mol. The van der Waals surface area contributed by atoms with Gasteiger partial charge in [-0.15, -0.1) is 0 Å². The van der Waals surface area contributed by atoms with Gasteiger partial charge in [0.05, 0.1) is 0 Å². The molecule has 1 atom stereocenters. The maximum atomic E-state index is 11.8. The first-order valence-electron chi connectivity index (χ1n) is 5.06. The first-order valence-corrected chi connectivity index (χ1v) is 5.06. The van der Waals surface area contributed by atoms with E-state index in [-0.39, 0.29) is 18.3 Å². The van der Waals surface area contributed by atoms with Crippen molar-refractivity contribution in [1.29, 1.82) is 0 Å². The van der Waals surface area contributed by atoms with E-state index < -0.39 is 0 Å². The van der Waals surface area contributed by atoms with Crippen LogP contribution in [0.3, 0.4) is 0 Å². The average Bonchev–Trinajstić information content (AvgIpc) is 2.54. The third kappa shape index (κ3) is 1.58. The summed E-state index contributed by atoms with van der Waals surface area (Å²) in [7, 11) is 0. The summed E-state index contributed by atoms with van der Waals surface area (Å²) in [5, 5.41) is 8.72. The Hall–Kier alpha value is -1.15. The summed E-state index contributed by atoms with van der Waals surface area (Å²) in [5.74, 6) is 0.369. The second-order valence-corrected chi connectivity index (χ2v) is 3.79. The lowest BCUT2D eigenvalue weighted by atomic mass is 9.99. The normalized spacial score (nSPS) is 19.8. The summed E-state index contributed by atoms with van der Waals surface area (Å²) < 4.78 is 0. The molecule has 1 aliphatic rings. The number of hydrogen-bond donors (Lipinski definition) is 1. The summed E-state index contributed by atoms with van der Waals surface area (Å²) in [6.45, 7) is 0.181. The zero-order valence-corrected chi connectivity index (χ0v) is 8.07. The molecular weight excluding hydrogens is 176 g/mol. The Kier molecular flexibility index (Phi) is 2.64.